The van der Waals surface area contributed by atoms with Crippen molar-refractivity contribution >= 4 is 10.9 Å². The average Bonchev–Trinajstić information content (AvgIpc) is 2.49. The molecule has 0 spiro atoms. The molecule has 2 aromatic heterocycles. The van der Waals surface area contributed by atoms with Crippen molar-refractivity contribution in [3.8, 4) is 0 Å². The van der Waals surface area contributed by atoms with Crippen LogP contribution < -0.4 is 11.3 Å². The zero-order valence-electron chi connectivity index (χ0n) is 11.2. The Morgan fingerprint density at radius 3 is 2.75 bits per heavy atom. The Bertz CT molecular complexity index is 725. The second-order valence-electron chi connectivity index (χ2n) is 4.76. The van der Waals surface area contributed by atoms with Crippen molar-refractivity contribution in [3.05, 3.63) is 71.7 Å². The number of hydrogen-bond donors (Lipinski definition) is 2. The van der Waals surface area contributed by atoms with Gasteiger partial charge < -0.3 is 0 Å². The Kier molecular flexibility index (Phi) is 3.41. The number of benzene rings is 1. The highest BCUT2D eigenvalue weighted by Gasteiger charge is 2.16. The van der Waals surface area contributed by atoms with Crippen LogP contribution in [0.15, 0.2) is 54.9 Å². The van der Waals surface area contributed by atoms with Gasteiger partial charge in [0.2, 0.25) is 0 Å². The van der Waals surface area contributed by atoms with Crippen molar-refractivity contribution in [3.63, 3.8) is 0 Å². The van der Waals surface area contributed by atoms with Crippen molar-refractivity contribution in [2.24, 2.45) is 5.84 Å². The molecule has 4 nitrogen and oxygen atoms in total. The van der Waals surface area contributed by atoms with E-state index in [4.69, 9.17) is 5.84 Å². The van der Waals surface area contributed by atoms with E-state index in [1.807, 2.05) is 43.5 Å². The Morgan fingerprint density at radius 2 is 2.00 bits per heavy atom. The number of nitrogens with zero attached hydrogens (tertiary/aromatic N) is 2. The third-order valence-corrected chi connectivity index (χ3v) is 3.37. The summed E-state index contributed by atoms with van der Waals surface area (Å²) >= 11 is 0. The number of para-hydroxylation sites is 1. The number of pyridine rings is 2. The van der Waals surface area contributed by atoms with Crippen LogP contribution in [-0.2, 0) is 0 Å². The minimum absolute atomic E-state index is 0.102. The summed E-state index contributed by atoms with van der Waals surface area (Å²) in [6.07, 6.45) is 3.59. The topological polar surface area (TPSA) is 63.8 Å². The molecule has 0 saturated carbocycles. The number of rotatable bonds is 3. The number of nitrogens with two attached hydrogens (primary N) is 1. The van der Waals surface area contributed by atoms with E-state index in [0.29, 0.717) is 0 Å². The van der Waals surface area contributed by atoms with Gasteiger partial charge in [-0.3, -0.25) is 15.8 Å². The predicted molar refractivity (Wildman–Crippen MR) is 79.9 cm³/mol. The van der Waals surface area contributed by atoms with Crippen molar-refractivity contribution in [2.75, 3.05) is 0 Å². The van der Waals surface area contributed by atoms with Crippen molar-refractivity contribution in [1.82, 2.24) is 15.4 Å². The maximum atomic E-state index is 5.78. The van der Waals surface area contributed by atoms with Gasteiger partial charge in [0.15, 0.2) is 0 Å². The van der Waals surface area contributed by atoms with Crippen molar-refractivity contribution in [1.29, 1.82) is 0 Å². The molecule has 0 aliphatic carbocycles. The summed E-state index contributed by atoms with van der Waals surface area (Å²) in [4.78, 5) is 8.73. The van der Waals surface area contributed by atoms with E-state index < -0.39 is 0 Å². The number of nitrogens with one attached hydrogen (secondary N) is 1. The van der Waals surface area contributed by atoms with Gasteiger partial charge in [0.1, 0.15) is 0 Å². The maximum Gasteiger partial charge on any atom is 0.0732 e. The van der Waals surface area contributed by atoms with Gasteiger partial charge in [-0.2, -0.15) is 0 Å². The number of hydrazine groups is 1. The zero-order chi connectivity index (χ0) is 13.9. The van der Waals surface area contributed by atoms with Crippen molar-refractivity contribution < 1.29 is 0 Å². The molecule has 1 aromatic carbocycles. The molecule has 0 bridgehead atoms. The van der Waals surface area contributed by atoms with Gasteiger partial charge in [0, 0.05) is 23.5 Å². The lowest BCUT2D eigenvalue weighted by molar-refractivity contribution is 0.638. The van der Waals surface area contributed by atoms with Crippen LogP contribution in [0, 0.1) is 6.92 Å². The summed E-state index contributed by atoms with van der Waals surface area (Å²) in [5.41, 5.74) is 6.99. The molecule has 3 N–H and O–H groups in total. The Labute approximate surface area is 117 Å². The molecule has 3 rings (SSSR count). The highest BCUT2D eigenvalue weighted by atomic mass is 15.2. The van der Waals surface area contributed by atoms with Gasteiger partial charge in [0.05, 0.1) is 11.6 Å². The van der Waals surface area contributed by atoms with Gasteiger partial charge in [0.25, 0.3) is 0 Å². The summed E-state index contributed by atoms with van der Waals surface area (Å²) in [5.74, 6) is 5.78. The molecule has 0 saturated heterocycles. The number of aromatic nitrogens is 2. The molecule has 4 heteroatoms. The molecule has 0 radical (unpaired) electrons. The van der Waals surface area contributed by atoms with Crippen LogP contribution in [0.1, 0.15) is 22.9 Å². The van der Waals surface area contributed by atoms with Crippen molar-refractivity contribution in [2.45, 2.75) is 13.0 Å². The van der Waals surface area contributed by atoms with Crippen LogP contribution in [0.3, 0.4) is 0 Å². The molecule has 2 heterocycles. The second kappa shape index (κ2) is 5.36. The third kappa shape index (κ3) is 2.27. The Hall–Kier alpha value is -2.30. The molecular weight excluding hydrogens is 248 g/mol. The lowest BCUT2D eigenvalue weighted by Crippen LogP contribution is -2.29. The molecule has 0 aliphatic heterocycles. The number of hydrogen-bond acceptors (Lipinski definition) is 4. The normalized spacial score (nSPS) is 12.5. The van der Waals surface area contributed by atoms with Gasteiger partial charge in [-0.1, -0.05) is 24.3 Å². The molecule has 0 amide bonds. The fraction of sp³-hybridized carbons (Fsp3) is 0.125. The molecular formula is C16H16N4. The van der Waals surface area contributed by atoms with Gasteiger partial charge in [-0.15, -0.1) is 0 Å². The highest BCUT2D eigenvalue weighted by Crippen LogP contribution is 2.28. The third-order valence-electron chi connectivity index (χ3n) is 3.37. The SMILES string of the molecule is Cc1cc(C(NN)c2cccnc2)c2ccccc2n1. The number of aryl methyl sites for hydroxylation is 1. The zero-order valence-corrected chi connectivity index (χ0v) is 11.2. The lowest BCUT2D eigenvalue weighted by atomic mass is 9.96. The Morgan fingerprint density at radius 1 is 1.15 bits per heavy atom. The van der Waals surface area contributed by atoms with E-state index in [-0.39, 0.29) is 6.04 Å². The average molecular weight is 264 g/mol. The summed E-state index contributed by atoms with van der Waals surface area (Å²) in [6.45, 7) is 1.99. The van der Waals surface area contributed by atoms with E-state index in [0.717, 1.165) is 27.7 Å². The van der Waals surface area contributed by atoms with E-state index in [1.54, 1.807) is 6.20 Å². The minimum atomic E-state index is -0.102. The molecule has 3 aromatic rings. The summed E-state index contributed by atoms with van der Waals surface area (Å²) in [7, 11) is 0. The fourth-order valence-electron chi connectivity index (χ4n) is 2.49. The first kappa shape index (κ1) is 12.7. The fourth-order valence-corrected chi connectivity index (χ4v) is 2.49. The van der Waals surface area contributed by atoms with E-state index in [1.165, 1.54) is 0 Å². The quantitative estimate of drug-likeness (QED) is 0.563. The first-order valence-electron chi connectivity index (χ1n) is 6.52. The van der Waals surface area contributed by atoms with E-state index in [2.05, 4.69) is 27.5 Å². The van der Waals surface area contributed by atoms with Gasteiger partial charge >= 0.3 is 0 Å². The van der Waals surface area contributed by atoms with Crippen LogP contribution in [0.4, 0.5) is 0 Å². The van der Waals surface area contributed by atoms with E-state index in [9.17, 15) is 0 Å². The Balaban J connectivity index is 2.22. The van der Waals surface area contributed by atoms with Gasteiger partial charge in [-0.05, 0) is 36.2 Å². The predicted octanol–water partition coefficient (Wildman–Crippen LogP) is 2.49. The first-order chi connectivity index (χ1) is 9.79. The molecule has 0 aliphatic rings. The maximum absolute atomic E-state index is 5.78. The molecule has 100 valence electrons. The van der Waals surface area contributed by atoms with Crippen LogP contribution in [0.5, 0.6) is 0 Å². The minimum Gasteiger partial charge on any atom is -0.271 e. The summed E-state index contributed by atoms with van der Waals surface area (Å²) in [6, 6.07) is 14.0. The standard InChI is InChI=1S/C16H16N4/c1-11-9-14(13-6-2-3-7-15(13)19-11)16(20-17)12-5-4-8-18-10-12/h2-10,16,20H,17H2,1H3. The molecule has 20 heavy (non-hydrogen) atoms. The summed E-state index contributed by atoms with van der Waals surface area (Å²) < 4.78 is 0. The van der Waals surface area contributed by atoms with Crippen LogP contribution in [-0.4, -0.2) is 9.97 Å². The number of fused-ring (bicyclic) bond motifs is 1. The van der Waals surface area contributed by atoms with Crippen LogP contribution in [0.25, 0.3) is 10.9 Å². The summed E-state index contributed by atoms with van der Waals surface area (Å²) in [5, 5.41) is 1.10. The molecule has 1 atom stereocenters. The monoisotopic (exact) mass is 264 g/mol. The van der Waals surface area contributed by atoms with Crippen LogP contribution >= 0.6 is 0 Å². The van der Waals surface area contributed by atoms with E-state index >= 15 is 0 Å². The van der Waals surface area contributed by atoms with Gasteiger partial charge in [-0.25, -0.2) is 5.43 Å². The smallest absolute Gasteiger partial charge is 0.0732 e. The van der Waals surface area contributed by atoms with Crippen LogP contribution in [0.2, 0.25) is 0 Å². The lowest BCUT2D eigenvalue weighted by Gasteiger charge is -2.19. The second-order valence-corrected chi connectivity index (χ2v) is 4.76. The largest absolute Gasteiger partial charge is 0.271 e. The highest BCUT2D eigenvalue weighted by molar-refractivity contribution is 5.83. The molecule has 1 unspecified atom stereocenters. The first-order valence-corrected chi connectivity index (χ1v) is 6.52. The molecule has 0 fully saturated rings.